The molecular formula is C51H38N2O. The van der Waals surface area contributed by atoms with Crippen molar-refractivity contribution in [2.24, 2.45) is 0 Å². The molecule has 3 nitrogen and oxygen atoms in total. The molecule has 0 radical (unpaired) electrons. The lowest BCUT2D eigenvalue weighted by atomic mass is 9.95. The highest BCUT2D eigenvalue weighted by Crippen LogP contribution is 2.45. The van der Waals surface area contributed by atoms with E-state index in [-0.39, 0.29) is 0 Å². The number of furan rings is 1. The third-order valence-corrected chi connectivity index (χ3v) is 10.8. The molecule has 0 aliphatic carbocycles. The Bertz CT molecular complexity index is 2980. The molecule has 0 unspecified atom stereocenters. The molecule has 0 fully saturated rings. The molecule has 10 rings (SSSR count). The minimum absolute atomic E-state index is 0.880. The fourth-order valence-electron chi connectivity index (χ4n) is 8.33. The van der Waals surface area contributed by atoms with Gasteiger partial charge in [0.05, 0.1) is 11.0 Å². The SMILES string of the molecule is Cc1cccc(N(c2cc(-c3cccc(-n4c5ccccc5c5ccccc54)c3)c3oc4ccccc4c3c2)c2cc(C)c(-c3ccccc3)cc2C)c1. The van der Waals surface area contributed by atoms with Crippen molar-refractivity contribution in [3.63, 3.8) is 0 Å². The summed E-state index contributed by atoms with van der Waals surface area (Å²) in [5, 5.41) is 4.69. The smallest absolute Gasteiger partial charge is 0.143 e. The van der Waals surface area contributed by atoms with E-state index >= 15 is 0 Å². The maximum Gasteiger partial charge on any atom is 0.143 e. The van der Waals surface area contributed by atoms with Gasteiger partial charge in [-0.2, -0.15) is 0 Å². The lowest BCUT2D eigenvalue weighted by Gasteiger charge is -2.29. The second-order valence-corrected chi connectivity index (χ2v) is 14.4. The van der Waals surface area contributed by atoms with Crippen LogP contribution in [0.4, 0.5) is 17.1 Å². The van der Waals surface area contributed by atoms with Gasteiger partial charge in [-0.1, -0.05) is 109 Å². The number of hydrogen-bond donors (Lipinski definition) is 0. The fourth-order valence-corrected chi connectivity index (χ4v) is 8.33. The van der Waals surface area contributed by atoms with Crippen molar-refractivity contribution < 1.29 is 4.42 Å². The first kappa shape index (κ1) is 31.9. The monoisotopic (exact) mass is 694 g/mol. The summed E-state index contributed by atoms with van der Waals surface area (Å²) < 4.78 is 9.14. The Kier molecular flexibility index (Phi) is 7.48. The van der Waals surface area contributed by atoms with Crippen LogP contribution in [0, 0.1) is 20.8 Å². The number of aromatic nitrogens is 1. The molecule has 258 valence electrons. The first-order valence-electron chi connectivity index (χ1n) is 18.6. The Morgan fingerprint density at radius 2 is 1.11 bits per heavy atom. The van der Waals surface area contributed by atoms with Gasteiger partial charge < -0.3 is 13.9 Å². The second kappa shape index (κ2) is 12.7. The molecule has 2 aromatic heterocycles. The van der Waals surface area contributed by atoms with Crippen LogP contribution in [0.15, 0.2) is 180 Å². The van der Waals surface area contributed by atoms with Gasteiger partial charge in [0, 0.05) is 49.9 Å². The van der Waals surface area contributed by atoms with Crippen molar-refractivity contribution in [2.75, 3.05) is 4.90 Å². The molecule has 10 aromatic rings. The van der Waals surface area contributed by atoms with Crippen LogP contribution in [0.2, 0.25) is 0 Å². The van der Waals surface area contributed by atoms with Crippen LogP contribution in [-0.2, 0) is 0 Å². The van der Waals surface area contributed by atoms with Gasteiger partial charge in [0.25, 0.3) is 0 Å². The average molecular weight is 695 g/mol. The van der Waals surface area contributed by atoms with Gasteiger partial charge in [0.1, 0.15) is 11.2 Å². The van der Waals surface area contributed by atoms with E-state index in [0.717, 1.165) is 55.8 Å². The topological polar surface area (TPSA) is 21.3 Å². The molecule has 8 aromatic carbocycles. The van der Waals surface area contributed by atoms with Crippen LogP contribution in [0.25, 0.3) is 71.7 Å². The summed E-state index contributed by atoms with van der Waals surface area (Å²) in [4.78, 5) is 2.42. The van der Waals surface area contributed by atoms with Crippen molar-refractivity contribution in [3.8, 4) is 27.9 Å². The van der Waals surface area contributed by atoms with Gasteiger partial charge in [-0.05, 0) is 121 Å². The van der Waals surface area contributed by atoms with Crippen LogP contribution in [0.3, 0.4) is 0 Å². The number of nitrogens with zero attached hydrogens (tertiary/aromatic N) is 2. The first-order chi connectivity index (χ1) is 26.5. The summed E-state index contributed by atoms with van der Waals surface area (Å²) in [7, 11) is 0. The Morgan fingerprint density at radius 3 is 1.87 bits per heavy atom. The summed E-state index contributed by atoms with van der Waals surface area (Å²) in [6.07, 6.45) is 0. The van der Waals surface area contributed by atoms with Crippen molar-refractivity contribution >= 4 is 60.8 Å². The molecule has 0 amide bonds. The summed E-state index contributed by atoms with van der Waals surface area (Å²) in [6.45, 7) is 6.61. The zero-order valence-electron chi connectivity index (χ0n) is 30.5. The summed E-state index contributed by atoms with van der Waals surface area (Å²) in [6, 6.07) is 63.5. The van der Waals surface area contributed by atoms with Crippen LogP contribution in [0.1, 0.15) is 16.7 Å². The maximum absolute atomic E-state index is 6.76. The molecule has 0 aliphatic rings. The van der Waals surface area contributed by atoms with E-state index in [1.165, 1.54) is 49.6 Å². The molecule has 2 heterocycles. The molecule has 0 atom stereocenters. The zero-order valence-corrected chi connectivity index (χ0v) is 30.5. The van der Waals surface area contributed by atoms with E-state index in [2.05, 4.69) is 200 Å². The molecule has 0 aliphatic heterocycles. The molecule has 0 N–H and O–H groups in total. The van der Waals surface area contributed by atoms with E-state index in [1.807, 2.05) is 6.07 Å². The predicted octanol–water partition coefficient (Wildman–Crippen LogP) is 14.4. The lowest BCUT2D eigenvalue weighted by molar-refractivity contribution is 0.670. The van der Waals surface area contributed by atoms with Gasteiger partial charge in [-0.15, -0.1) is 0 Å². The highest BCUT2D eigenvalue weighted by atomic mass is 16.3. The number of benzene rings is 8. The van der Waals surface area contributed by atoms with E-state index in [4.69, 9.17) is 4.42 Å². The molecule has 0 spiro atoms. The van der Waals surface area contributed by atoms with E-state index in [9.17, 15) is 0 Å². The maximum atomic E-state index is 6.76. The Morgan fingerprint density at radius 1 is 0.444 bits per heavy atom. The van der Waals surface area contributed by atoms with Crippen LogP contribution >= 0.6 is 0 Å². The Hall–Kier alpha value is -6.84. The third kappa shape index (κ3) is 5.20. The normalized spacial score (nSPS) is 11.6. The minimum atomic E-state index is 0.880. The standard InChI is InChI=1S/C51H38N2O/c1-33-15-13-19-38(27-33)52(49-29-34(2)44(28-35(49)3)36-16-5-4-6-17-36)40-31-45(51-46(32-40)43-23-9-12-26-50(43)54-51)37-18-14-20-39(30-37)53-47-24-10-7-21-41(47)42-22-8-11-25-48(42)53/h4-32H,1-3H3. The molecule has 0 saturated carbocycles. The second-order valence-electron chi connectivity index (χ2n) is 14.4. The third-order valence-electron chi connectivity index (χ3n) is 10.8. The zero-order chi connectivity index (χ0) is 36.3. The molecule has 0 saturated heterocycles. The van der Waals surface area contributed by atoms with E-state index in [0.29, 0.717) is 0 Å². The number of rotatable bonds is 6. The number of anilines is 3. The highest BCUT2D eigenvalue weighted by Gasteiger charge is 2.22. The molecule has 54 heavy (non-hydrogen) atoms. The van der Waals surface area contributed by atoms with Crippen LogP contribution in [0.5, 0.6) is 0 Å². The highest BCUT2D eigenvalue weighted by molar-refractivity contribution is 6.12. The predicted molar refractivity (Wildman–Crippen MR) is 228 cm³/mol. The van der Waals surface area contributed by atoms with Crippen molar-refractivity contribution in [2.45, 2.75) is 20.8 Å². The number of hydrogen-bond acceptors (Lipinski definition) is 2. The largest absolute Gasteiger partial charge is 0.455 e. The van der Waals surface area contributed by atoms with Gasteiger partial charge >= 0.3 is 0 Å². The number of aryl methyl sites for hydroxylation is 3. The van der Waals surface area contributed by atoms with E-state index < -0.39 is 0 Å². The molecule has 3 heteroatoms. The van der Waals surface area contributed by atoms with E-state index in [1.54, 1.807) is 0 Å². The van der Waals surface area contributed by atoms with Gasteiger partial charge in [0.15, 0.2) is 0 Å². The fraction of sp³-hybridized carbons (Fsp3) is 0.0588. The number of fused-ring (bicyclic) bond motifs is 6. The number of para-hydroxylation sites is 3. The average Bonchev–Trinajstić information content (AvgIpc) is 3.75. The lowest BCUT2D eigenvalue weighted by Crippen LogP contribution is -2.12. The van der Waals surface area contributed by atoms with Crippen molar-refractivity contribution in [1.29, 1.82) is 0 Å². The Labute approximate surface area is 315 Å². The summed E-state index contributed by atoms with van der Waals surface area (Å²) >= 11 is 0. The summed E-state index contributed by atoms with van der Waals surface area (Å²) in [5.41, 5.74) is 16.9. The summed E-state index contributed by atoms with van der Waals surface area (Å²) in [5.74, 6) is 0. The quantitative estimate of drug-likeness (QED) is 0.173. The van der Waals surface area contributed by atoms with Gasteiger partial charge in [-0.3, -0.25) is 0 Å². The molecular weight excluding hydrogens is 657 g/mol. The van der Waals surface area contributed by atoms with Crippen molar-refractivity contribution in [3.05, 3.63) is 193 Å². The first-order valence-corrected chi connectivity index (χ1v) is 18.6. The van der Waals surface area contributed by atoms with Crippen molar-refractivity contribution in [1.82, 2.24) is 4.57 Å². The van der Waals surface area contributed by atoms with Gasteiger partial charge in [-0.25, -0.2) is 0 Å². The molecule has 0 bridgehead atoms. The van der Waals surface area contributed by atoms with Gasteiger partial charge in [0.2, 0.25) is 0 Å². The Balaban J connectivity index is 1.23. The van der Waals surface area contributed by atoms with Crippen LogP contribution in [-0.4, -0.2) is 4.57 Å². The minimum Gasteiger partial charge on any atom is -0.455 e. The van der Waals surface area contributed by atoms with Crippen LogP contribution < -0.4 is 4.90 Å².